The number of ether oxygens (including phenoxy) is 2. The molecular formula is C25H40N2O3. The van der Waals surface area contributed by atoms with Gasteiger partial charge in [-0.2, -0.15) is 0 Å². The minimum absolute atomic E-state index is 0.204. The third kappa shape index (κ3) is 6.63. The Hall–Kier alpha value is -1.75. The number of alkyl carbamates (subject to hydrolysis) is 1. The highest BCUT2D eigenvalue weighted by atomic mass is 16.6. The zero-order chi connectivity index (χ0) is 21.7. The predicted octanol–water partition coefficient (Wildman–Crippen LogP) is 5.49. The Kier molecular flexibility index (Phi) is 7.67. The Labute approximate surface area is 182 Å². The molecule has 1 saturated carbocycles. The van der Waals surface area contributed by atoms with Crippen molar-refractivity contribution >= 4 is 6.09 Å². The molecule has 168 valence electrons. The van der Waals surface area contributed by atoms with Crippen molar-refractivity contribution in [3.8, 4) is 5.75 Å². The maximum atomic E-state index is 12.0. The summed E-state index contributed by atoms with van der Waals surface area (Å²) in [6, 6.07) is 9.44. The van der Waals surface area contributed by atoms with Crippen molar-refractivity contribution in [2.24, 2.45) is 0 Å². The van der Waals surface area contributed by atoms with Crippen molar-refractivity contribution in [1.82, 2.24) is 10.2 Å². The average molecular weight is 417 g/mol. The van der Waals surface area contributed by atoms with Crippen LogP contribution in [-0.2, 0) is 4.74 Å². The molecular weight excluding hydrogens is 376 g/mol. The molecule has 30 heavy (non-hydrogen) atoms. The van der Waals surface area contributed by atoms with E-state index in [1.54, 1.807) is 0 Å². The molecule has 0 aromatic heterocycles. The molecule has 1 aromatic carbocycles. The van der Waals surface area contributed by atoms with Crippen LogP contribution >= 0.6 is 0 Å². The zero-order valence-electron chi connectivity index (χ0n) is 19.4. The first kappa shape index (κ1) is 22.9. The fourth-order valence-electron chi connectivity index (χ4n) is 4.81. The van der Waals surface area contributed by atoms with Crippen LogP contribution in [0.2, 0.25) is 0 Å². The summed E-state index contributed by atoms with van der Waals surface area (Å²) in [6.07, 6.45) is 6.67. The Morgan fingerprint density at radius 1 is 1.03 bits per heavy atom. The molecule has 1 aliphatic carbocycles. The summed E-state index contributed by atoms with van der Waals surface area (Å²) < 4.78 is 11.5. The maximum Gasteiger partial charge on any atom is 0.407 e. The first-order valence-corrected chi connectivity index (χ1v) is 11.7. The van der Waals surface area contributed by atoms with Crippen LogP contribution in [0.5, 0.6) is 5.75 Å². The lowest BCUT2D eigenvalue weighted by atomic mass is 9.85. The van der Waals surface area contributed by atoms with E-state index in [9.17, 15) is 4.79 Å². The fraction of sp³-hybridized carbons (Fsp3) is 0.720. The lowest BCUT2D eigenvalue weighted by Gasteiger charge is -2.41. The van der Waals surface area contributed by atoms with Crippen LogP contribution in [0.15, 0.2) is 24.3 Å². The third-order valence-corrected chi connectivity index (χ3v) is 6.19. The Bertz CT molecular complexity index is 682. The van der Waals surface area contributed by atoms with Gasteiger partial charge in [-0.15, -0.1) is 0 Å². The van der Waals surface area contributed by atoms with Gasteiger partial charge < -0.3 is 19.7 Å². The van der Waals surface area contributed by atoms with Gasteiger partial charge in [0, 0.05) is 12.1 Å². The highest BCUT2D eigenvalue weighted by molar-refractivity contribution is 5.68. The molecule has 0 spiro atoms. The number of likely N-dealkylation sites (tertiary alicyclic amines) is 1. The summed E-state index contributed by atoms with van der Waals surface area (Å²) in [5.41, 5.74) is 0.931. The molecule has 0 radical (unpaired) electrons. The van der Waals surface area contributed by atoms with E-state index < -0.39 is 5.60 Å². The summed E-state index contributed by atoms with van der Waals surface area (Å²) in [4.78, 5) is 14.7. The summed E-state index contributed by atoms with van der Waals surface area (Å²) in [7, 11) is 0. The summed E-state index contributed by atoms with van der Waals surface area (Å²) in [5.74, 6) is 1.64. The lowest BCUT2D eigenvalue weighted by Crippen LogP contribution is -2.47. The third-order valence-electron chi connectivity index (χ3n) is 6.19. The van der Waals surface area contributed by atoms with Crippen molar-refractivity contribution in [2.75, 3.05) is 13.1 Å². The van der Waals surface area contributed by atoms with Gasteiger partial charge in [-0.25, -0.2) is 4.79 Å². The highest BCUT2D eigenvalue weighted by Crippen LogP contribution is 2.36. The first-order valence-electron chi connectivity index (χ1n) is 11.7. The van der Waals surface area contributed by atoms with Crippen molar-refractivity contribution in [3.63, 3.8) is 0 Å². The second-order valence-electron chi connectivity index (χ2n) is 10.2. The van der Waals surface area contributed by atoms with Gasteiger partial charge in [0.05, 0.1) is 6.10 Å². The average Bonchev–Trinajstić information content (AvgIpc) is 2.67. The van der Waals surface area contributed by atoms with Gasteiger partial charge in [-0.05, 0) is 104 Å². The molecule has 2 fully saturated rings. The standard InChI is InChI=1S/C25H40N2O3/c1-18(2)29-23-9-7-6-8-22(23)19-14-16-27(17-15-19)21-12-10-20(11-13-21)26-24(28)30-25(3,4)5/h6-9,18-21H,10-17H2,1-5H3,(H,26,28). The van der Waals surface area contributed by atoms with Crippen LogP contribution < -0.4 is 10.1 Å². The molecule has 1 aliphatic heterocycles. The van der Waals surface area contributed by atoms with E-state index in [2.05, 4.69) is 48.3 Å². The monoisotopic (exact) mass is 416 g/mol. The van der Waals surface area contributed by atoms with Crippen LogP contribution in [-0.4, -0.2) is 47.9 Å². The Morgan fingerprint density at radius 3 is 2.27 bits per heavy atom. The fourth-order valence-corrected chi connectivity index (χ4v) is 4.81. The molecule has 0 atom stereocenters. The minimum Gasteiger partial charge on any atom is -0.491 e. The quantitative estimate of drug-likeness (QED) is 0.690. The van der Waals surface area contributed by atoms with E-state index in [-0.39, 0.29) is 18.2 Å². The van der Waals surface area contributed by atoms with E-state index in [0.717, 1.165) is 44.5 Å². The number of carbonyl (C=O) groups is 1. The number of amides is 1. The maximum absolute atomic E-state index is 12.0. The van der Waals surface area contributed by atoms with Gasteiger partial charge in [-0.1, -0.05) is 18.2 Å². The van der Waals surface area contributed by atoms with Crippen molar-refractivity contribution in [3.05, 3.63) is 29.8 Å². The summed E-state index contributed by atoms with van der Waals surface area (Å²) in [6.45, 7) is 12.2. The number of para-hydroxylation sites is 1. The second-order valence-corrected chi connectivity index (χ2v) is 10.2. The molecule has 1 aromatic rings. The van der Waals surface area contributed by atoms with Crippen LogP contribution in [0.1, 0.15) is 84.6 Å². The number of benzene rings is 1. The van der Waals surface area contributed by atoms with Crippen molar-refractivity contribution < 1.29 is 14.3 Å². The number of rotatable bonds is 5. The molecule has 5 nitrogen and oxygen atoms in total. The molecule has 1 saturated heterocycles. The first-order chi connectivity index (χ1) is 14.2. The van der Waals surface area contributed by atoms with Crippen LogP contribution in [0, 0.1) is 0 Å². The molecule has 1 heterocycles. The summed E-state index contributed by atoms with van der Waals surface area (Å²) in [5, 5.41) is 3.06. The molecule has 5 heteroatoms. The lowest BCUT2D eigenvalue weighted by molar-refractivity contribution is 0.0469. The second kappa shape index (κ2) is 10.0. The van der Waals surface area contributed by atoms with Crippen LogP contribution in [0.3, 0.4) is 0 Å². The number of nitrogens with zero attached hydrogens (tertiary/aromatic N) is 1. The van der Waals surface area contributed by atoms with E-state index >= 15 is 0 Å². The number of piperidine rings is 1. The van der Waals surface area contributed by atoms with E-state index in [1.165, 1.54) is 18.4 Å². The molecule has 1 N–H and O–H groups in total. The van der Waals surface area contributed by atoms with Gasteiger partial charge in [0.2, 0.25) is 0 Å². The normalized spacial score (nSPS) is 23.9. The molecule has 0 unspecified atom stereocenters. The van der Waals surface area contributed by atoms with Gasteiger partial charge in [0.25, 0.3) is 0 Å². The van der Waals surface area contributed by atoms with Gasteiger partial charge >= 0.3 is 6.09 Å². The van der Waals surface area contributed by atoms with E-state index in [1.807, 2.05) is 20.8 Å². The molecule has 1 amide bonds. The van der Waals surface area contributed by atoms with Gasteiger partial charge in [-0.3, -0.25) is 0 Å². The van der Waals surface area contributed by atoms with Crippen LogP contribution in [0.25, 0.3) is 0 Å². The zero-order valence-corrected chi connectivity index (χ0v) is 19.4. The largest absolute Gasteiger partial charge is 0.491 e. The number of nitrogens with one attached hydrogen (secondary N) is 1. The Balaban J connectivity index is 1.45. The van der Waals surface area contributed by atoms with Gasteiger partial charge in [0.1, 0.15) is 11.4 Å². The van der Waals surface area contributed by atoms with Crippen molar-refractivity contribution in [2.45, 2.75) is 103 Å². The van der Waals surface area contributed by atoms with E-state index in [0.29, 0.717) is 12.0 Å². The molecule has 3 rings (SSSR count). The Morgan fingerprint density at radius 2 is 1.67 bits per heavy atom. The number of carbonyl (C=O) groups excluding carboxylic acids is 1. The van der Waals surface area contributed by atoms with Gasteiger partial charge in [0.15, 0.2) is 0 Å². The SMILES string of the molecule is CC(C)Oc1ccccc1C1CCN(C2CCC(NC(=O)OC(C)(C)C)CC2)CC1. The highest BCUT2D eigenvalue weighted by Gasteiger charge is 2.31. The van der Waals surface area contributed by atoms with Crippen molar-refractivity contribution in [1.29, 1.82) is 0 Å². The smallest absolute Gasteiger partial charge is 0.407 e. The van der Waals surface area contributed by atoms with Crippen LogP contribution in [0.4, 0.5) is 4.79 Å². The topological polar surface area (TPSA) is 50.8 Å². The predicted molar refractivity (Wildman–Crippen MR) is 121 cm³/mol. The molecule has 0 bridgehead atoms. The van der Waals surface area contributed by atoms with E-state index in [4.69, 9.17) is 9.47 Å². The number of hydrogen-bond acceptors (Lipinski definition) is 4. The summed E-state index contributed by atoms with van der Waals surface area (Å²) >= 11 is 0. The minimum atomic E-state index is -0.440. The molecule has 2 aliphatic rings. The number of hydrogen-bond donors (Lipinski definition) is 1.